The van der Waals surface area contributed by atoms with Crippen molar-refractivity contribution < 1.29 is 19.1 Å². The number of ether oxygens (including phenoxy) is 2. The third kappa shape index (κ3) is 5.99. The molecule has 0 aliphatic heterocycles. The van der Waals surface area contributed by atoms with Gasteiger partial charge in [-0.05, 0) is 35.4 Å². The lowest BCUT2D eigenvalue weighted by molar-refractivity contribution is 0.0428. The van der Waals surface area contributed by atoms with Crippen molar-refractivity contribution in [2.24, 2.45) is 5.92 Å². The van der Waals surface area contributed by atoms with Crippen LogP contribution in [0.5, 0.6) is 0 Å². The summed E-state index contributed by atoms with van der Waals surface area (Å²) in [4.78, 5) is 24.8. The van der Waals surface area contributed by atoms with E-state index in [4.69, 9.17) is 9.47 Å². The molecule has 0 unspecified atom stereocenters. The first-order chi connectivity index (χ1) is 11.2. The third-order valence-electron chi connectivity index (χ3n) is 3.60. The zero-order valence-corrected chi connectivity index (χ0v) is 15.8. The predicted molar refractivity (Wildman–Crippen MR) is 95.5 cm³/mol. The maximum atomic E-state index is 12.5. The Labute approximate surface area is 145 Å². The lowest BCUT2D eigenvalue weighted by Crippen LogP contribution is -2.19. The lowest BCUT2D eigenvalue weighted by atomic mass is 9.85. The van der Waals surface area contributed by atoms with E-state index in [1.54, 1.807) is 12.1 Å². The van der Waals surface area contributed by atoms with Gasteiger partial charge in [-0.3, -0.25) is 0 Å². The summed E-state index contributed by atoms with van der Waals surface area (Å²) < 4.78 is 10.6. The molecule has 0 bridgehead atoms. The molecule has 0 spiro atoms. The predicted octanol–water partition coefficient (Wildman–Crippen LogP) is 4.75. The number of rotatable bonds is 7. The van der Waals surface area contributed by atoms with Crippen LogP contribution in [0, 0.1) is 5.92 Å². The van der Waals surface area contributed by atoms with Crippen LogP contribution in [-0.4, -0.2) is 25.2 Å². The molecule has 0 aromatic heterocycles. The van der Waals surface area contributed by atoms with Gasteiger partial charge in [0.25, 0.3) is 0 Å². The van der Waals surface area contributed by atoms with Crippen LogP contribution in [0.2, 0.25) is 0 Å². The van der Waals surface area contributed by atoms with Gasteiger partial charge >= 0.3 is 11.9 Å². The van der Waals surface area contributed by atoms with Crippen LogP contribution < -0.4 is 0 Å². The van der Waals surface area contributed by atoms with Crippen LogP contribution in [0.1, 0.15) is 80.7 Å². The first kappa shape index (κ1) is 20.2. The van der Waals surface area contributed by atoms with E-state index < -0.39 is 11.9 Å². The standard InChI is InChI=1S/C20H30O4/c1-7-8-11-23-18(21)16-10-9-15(20(4,5)6)12-17(16)19(22)24-13-14(2)3/h9-10,12,14H,7-8,11,13H2,1-6H3. The molecular formula is C20H30O4. The Hall–Kier alpha value is -1.84. The van der Waals surface area contributed by atoms with Gasteiger partial charge in [0.05, 0.1) is 24.3 Å². The fraction of sp³-hybridized carbons (Fsp3) is 0.600. The molecule has 134 valence electrons. The van der Waals surface area contributed by atoms with E-state index in [9.17, 15) is 9.59 Å². The molecule has 1 aromatic rings. The summed E-state index contributed by atoms with van der Waals surface area (Å²) >= 11 is 0. The van der Waals surface area contributed by atoms with Crippen LogP contribution in [0.3, 0.4) is 0 Å². The lowest BCUT2D eigenvalue weighted by Gasteiger charge is -2.21. The Morgan fingerprint density at radius 1 is 1.04 bits per heavy atom. The van der Waals surface area contributed by atoms with Crippen molar-refractivity contribution in [2.45, 2.75) is 59.8 Å². The average Bonchev–Trinajstić information content (AvgIpc) is 2.51. The summed E-state index contributed by atoms with van der Waals surface area (Å²) in [7, 11) is 0. The molecule has 0 saturated heterocycles. The number of unbranched alkanes of at least 4 members (excludes halogenated alkanes) is 1. The minimum atomic E-state index is -0.475. The summed E-state index contributed by atoms with van der Waals surface area (Å²) in [5.74, 6) is -0.711. The normalized spacial score (nSPS) is 11.5. The quantitative estimate of drug-likeness (QED) is 0.533. The van der Waals surface area contributed by atoms with Crippen LogP contribution in [-0.2, 0) is 14.9 Å². The van der Waals surface area contributed by atoms with Crippen LogP contribution in [0.4, 0.5) is 0 Å². The second-order valence-corrected chi connectivity index (χ2v) is 7.49. The van der Waals surface area contributed by atoms with E-state index in [2.05, 4.69) is 20.8 Å². The SMILES string of the molecule is CCCCOC(=O)c1ccc(C(C)(C)C)cc1C(=O)OCC(C)C. The number of hydrogen-bond acceptors (Lipinski definition) is 4. The molecule has 0 radical (unpaired) electrons. The Kier molecular flexibility index (Phi) is 7.46. The Balaban J connectivity index is 3.12. The van der Waals surface area contributed by atoms with Crippen molar-refractivity contribution in [1.29, 1.82) is 0 Å². The molecule has 0 amide bonds. The summed E-state index contributed by atoms with van der Waals surface area (Å²) in [5.41, 5.74) is 1.40. The summed E-state index contributed by atoms with van der Waals surface area (Å²) in [6.45, 7) is 12.8. The van der Waals surface area contributed by atoms with Crippen LogP contribution >= 0.6 is 0 Å². The molecular weight excluding hydrogens is 304 g/mol. The molecule has 0 fully saturated rings. The monoisotopic (exact) mass is 334 g/mol. The van der Waals surface area contributed by atoms with Gasteiger partial charge in [0.15, 0.2) is 0 Å². The summed E-state index contributed by atoms with van der Waals surface area (Å²) in [5, 5.41) is 0. The Morgan fingerprint density at radius 3 is 2.21 bits per heavy atom. The first-order valence-electron chi connectivity index (χ1n) is 8.65. The van der Waals surface area contributed by atoms with Crippen molar-refractivity contribution in [1.82, 2.24) is 0 Å². The highest BCUT2D eigenvalue weighted by atomic mass is 16.5. The van der Waals surface area contributed by atoms with Gasteiger partial charge in [-0.1, -0.05) is 54.0 Å². The van der Waals surface area contributed by atoms with E-state index in [1.165, 1.54) is 0 Å². The van der Waals surface area contributed by atoms with Crippen molar-refractivity contribution >= 4 is 11.9 Å². The molecule has 0 aliphatic carbocycles. The molecule has 1 rings (SSSR count). The van der Waals surface area contributed by atoms with E-state index in [0.29, 0.717) is 13.2 Å². The van der Waals surface area contributed by atoms with E-state index in [0.717, 1.165) is 18.4 Å². The van der Waals surface area contributed by atoms with Crippen LogP contribution in [0.15, 0.2) is 18.2 Å². The Morgan fingerprint density at radius 2 is 1.67 bits per heavy atom. The van der Waals surface area contributed by atoms with E-state index in [1.807, 2.05) is 26.8 Å². The van der Waals surface area contributed by atoms with Gasteiger partial charge in [0.1, 0.15) is 0 Å². The van der Waals surface area contributed by atoms with E-state index >= 15 is 0 Å². The molecule has 4 heteroatoms. The smallest absolute Gasteiger partial charge is 0.339 e. The van der Waals surface area contributed by atoms with Crippen LogP contribution in [0.25, 0.3) is 0 Å². The molecule has 1 aromatic carbocycles. The van der Waals surface area contributed by atoms with Crippen molar-refractivity contribution in [2.75, 3.05) is 13.2 Å². The highest BCUT2D eigenvalue weighted by molar-refractivity contribution is 6.03. The minimum Gasteiger partial charge on any atom is -0.462 e. The fourth-order valence-corrected chi connectivity index (χ4v) is 2.06. The second-order valence-electron chi connectivity index (χ2n) is 7.49. The summed E-state index contributed by atoms with van der Waals surface area (Å²) in [6, 6.07) is 5.29. The number of benzene rings is 1. The van der Waals surface area contributed by atoms with Gasteiger partial charge in [-0.25, -0.2) is 9.59 Å². The second kappa shape index (κ2) is 8.86. The van der Waals surface area contributed by atoms with Gasteiger partial charge in [-0.15, -0.1) is 0 Å². The molecule has 0 heterocycles. The Bertz CT molecular complexity index is 567. The maximum absolute atomic E-state index is 12.5. The first-order valence-corrected chi connectivity index (χ1v) is 8.65. The molecule has 0 N–H and O–H groups in total. The highest BCUT2D eigenvalue weighted by Gasteiger charge is 2.23. The number of carbonyl (C=O) groups is 2. The average molecular weight is 334 g/mol. The van der Waals surface area contributed by atoms with Crippen molar-refractivity contribution in [3.05, 3.63) is 34.9 Å². The molecule has 4 nitrogen and oxygen atoms in total. The largest absolute Gasteiger partial charge is 0.462 e. The number of esters is 2. The van der Waals surface area contributed by atoms with Gasteiger partial charge < -0.3 is 9.47 Å². The van der Waals surface area contributed by atoms with Gasteiger partial charge in [0, 0.05) is 0 Å². The molecule has 24 heavy (non-hydrogen) atoms. The molecule has 0 atom stereocenters. The number of carbonyl (C=O) groups excluding carboxylic acids is 2. The van der Waals surface area contributed by atoms with Gasteiger partial charge in [-0.2, -0.15) is 0 Å². The van der Waals surface area contributed by atoms with Crippen molar-refractivity contribution in [3.8, 4) is 0 Å². The van der Waals surface area contributed by atoms with E-state index in [-0.39, 0.29) is 22.5 Å². The fourth-order valence-electron chi connectivity index (χ4n) is 2.06. The number of hydrogen-bond donors (Lipinski definition) is 0. The zero-order chi connectivity index (χ0) is 18.3. The molecule has 0 aliphatic rings. The maximum Gasteiger partial charge on any atom is 0.339 e. The summed E-state index contributed by atoms with van der Waals surface area (Å²) in [6.07, 6.45) is 1.75. The zero-order valence-electron chi connectivity index (χ0n) is 15.8. The highest BCUT2D eigenvalue weighted by Crippen LogP contribution is 2.25. The minimum absolute atomic E-state index is 0.127. The molecule has 0 saturated carbocycles. The van der Waals surface area contributed by atoms with Crippen molar-refractivity contribution in [3.63, 3.8) is 0 Å². The topological polar surface area (TPSA) is 52.6 Å². The third-order valence-corrected chi connectivity index (χ3v) is 3.60. The van der Waals surface area contributed by atoms with Gasteiger partial charge in [0.2, 0.25) is 0 Å².